The first kappa shape index (κ1) is 14.9. The monoisotopic (exact) mass is 274 g/mol. The Morgan fingerprint density at radius 2 is 1.95 bits per heavy atom. The van der Waals surface area contributed by atoms with Gasteiger partial charge in [-0.15, -0.1) is 0 Å². The van der Waals surface area contributed by atoms with Crippen molar-refractivity contribution in [2.24, 2.45) is 0 Å². The molecule has 0 heterocycles. The summed E-state index contributed by atoms with van der Waals surface area (Å²) in [6, 6.07) is 4.75. The van der Waals surface area contributed by atoms with E-state index >= 15 is 0 Å². The molecular weight excluding hydrogens is 248 g/mol. The molecule has 1 saturated carbocycles. The molecule has 2 rings (SSSR count). The van der Waals surface area contributed by atoms with Gasteiger partial charge in [0, 0.05) is 37.1 Å². The van der Waals surface area contributed by atoms with E-state index in [0.717, 1.165) is 35.2 Å². The lowest BCUT2D eigenvalue weighted by atomic mass is 9.94. The van der Waals surface area contributed by atoms with E-state index in [1.807, 2.05) is 14.1 Å². The number of hydrogen-bond acceptors (Lipinski definition) is 3. The number of nitrogens with one attached hydrogen (secondary N) is 1. The number of nitrogens with zero attached hydrogens (tertiary/aromatic N) is 1. The first-order valence-electron chi connectivity index (χ1n) is 7.71. The smallest absolute Gasteiger partial charge is 0.152 e. The molecule has 20 heavy (non-hydrogen) atoms. The molecule has 0 aliphatic heterocycles. The van der Waals surface area contributed by atoms with E-state index in [1.54, 1.807) is 0 Å². The summed E-state index contributed by atoms with van der Waals surface area (Å²) in [5, 5.41) is 3.61. The molecule has 0 unspecified atom stereocenters. The number of anilines is 2. The van der Waals surface area contributed by atoms with E-state index in [1.165, 1.54) is 32.1 Å². The molecule has 0 aromatic heterocycles. The summed E-state index contributed by atoms with van der Waals surface area (Å²) < 4.78 is 0. The lowest BCUT2D eigenvalue weighted by molar-refractivity contribution is 0.112. The molecule has 3 nitrogen and oxygen atoms in total. The molecule has 1 aromatic rings. The molecule has 1 fully saturated rings. The third-order valence-corrected chi connectivity index (χ3v) is 4.23. The number of rotatable bonds is 5. The van der Waals surface area contributed by atoms with Crippen molar-refractivity contribution in [1.29, 1.82) is 0 Å². The lowest BCUT2D eigenvalue weighted by Gasteiger charge is -2.26. The van der Waals surface area contributed by atoms with Gasteiger partial charge in [0.2, 0.25) is 0 Å². The number of carbonyl (C=O) groups excluding carboxylic acids is 1. The van der Waals surface area contributed by atoms with E-state index in [2.05, 4.69) is 29.3 Å². The number of hydrogen-bond donors (Lipinski definition) is 1. The Balaban J connectivity index is 2.32. The van der Waals surface area contributed by atoms with Crippen LogP contribution in [0.1, 0.15) is 54.9 Å². The van der Waals surface area contributed by atoms with Gasteiger partial charge in [0.15, 0.2) is 6.29 Å². The van der Waals surface area contributed by atoms with E-state index < -0.39 is 0 Å². The van der Waals surface area contributed by atoms with Gasteiger partial charge in [0.1, 0.15) is 0 Å². The van der Waals surface area contributed by atoms with Crippen LogP contribution in [-0.4, -0.2) is 26.4 Å². The van der Waals surface area contributed by atoms with Crippen LogP contribution in [0.2, 0.25) is 0 Å². The molecule has 0 saturated heterocycles. The fourth-order valence-electron chi connectivity index (χ4n) is 2.97. The molecule has 0 spiro atoms. The van der Waals surface area contributed by atoms with Crippen LogP contribution < -0.4 is 10.2 Å². The minimum absolute atomic E-state index is 0.518. The van der Waals surface area contributed by atoms with Crippen molar-refractivity contribution in [1.82, 2.24) is 0 Å². The maximum Gasteiger partial charge on any atom is 0.152 e. The zero-order valence-electron chi connectivity index (χ0n) is 12.9. The van der Waals surface area contributed by atoms with Gasteiger partial charge in [-0.3, -0.25) is 4.79 Å². The molecule has 1 N–H and O–H groups in total. The molecule has 0 atom stereocenters. The van der Waals surface area contributed by atoms with Crippen LogP contribution in [0.4, 0.5) is 11.4 Å². The fourth-order valence-corrected chi connectivity index (χ4v) is 2.97. The van der Waals surface area contributed by atoms with Crippen LogP contribution in [0.15, 0.2) is 12.1 Å². The molecule has 1 aliphatic rings. The van der Waals surface area contributed by atoms with Gasteiger partial charge in [-0.25, -0.2) is 0 Å². The number of aryl methyl sites for hydroxylation is 1. The zero-order valence-corrected chi connectivity index (χ0v) is 12.9. The minimum atomic E-state index is 0.518. The predicted molar refractivity (Wildman–Crippen MR) is 86.0 cm³/mol. The highest BCUT2D eigenvalue weighted by atomic mass is 16.1. The Bertz CT molecular complexity index is 462. The average Bonchev–Trinajstić information content (AvgIpc) is 2.47. The second kappa shape index (κ2) is 6.78. The first-order valence-corrected chi connectivity index (χ1v) is 7.71. The van der Waals surface area contributed by atoms with Crippen LogP contribution in [0.25, 0.3) is 0 Å². The Morgan fingerprint density at radius 3 is 2.50 bits per heavy atom. The van der Waals surface area contributed by atoms with Crippen molar-refractivity contribution < 1.29 is 4.79 Å². The molecule has 0 bridgehead atoms. The van der Waals surface area contributed by atoms with Gasteiger partial charge >= 0.3 is 0 Å². The van der Waals surface area contributed by atoms with Gasteiger partial charge in [-0.2, -0.15) is 0 Å². The normalized spacial score (nSPS) is 15.9. The van der Waals surface area contributed by atoms with Crippen molar-refractivity contribution in [3.8, 4) is 0 Å². The van der Waals surface area contributed by atoms with Gasteiger partial charge in [-0.05, 0) is 37.0 Å². The summed E-state index contributed by atoms with van der Waals surface area (Å²) in [5.41, 5.74) is 4.13. The standard InChI is InChI=1S/C17H26N2O/c1-4-13-10-15(19(2)3)11-17(16(13)12-20)18-14-8-6-5-7-9-14/h10-12,14,18H,4-9H2,1-3H3. The van der Waals surface area contributed by atoms with Crippen molar-refractivity contribution in [3.05, 3.63) is 23.3 Å². The second-order valence-electron chi connectivity index (χ2n) is 5.91. The lowest BCUT2D eigenvalue weighted by Crippen LogP contribution is -2.23. The van der Waals surface area contributed by atoms with Crippen molar-refractivity contribution in [2.75, 3.05) is 24.3 Å². The molecular formula is C17H26N2O. The van der Waals surface area contributed by atoms with Crippen LogP contribution in [-0.2, 0) is 6.42 Å². The Kier molecular flexibility index (Phi) is 5.05. The highest BCUT2D eigenvalue weighted by Crippen LogP contribution is 2.29. The van der Waals surface area contributed by atoms with Crippen molar-refractivity contribution in [3.63, 3.8) is 0 Å². The highest BCUT2D eigenvalue weighted by Gasteiger charge is 2.17. The predicted octanol–water partition coefficient (Wildman–Crippen LogP) is 3.87. The second-order valence-corrected chi connectivity index (χ2v) is 5.91. The van der Waals surface area contributed by atoms with E-state index in [9.17, 15) is 4.79 Å². The average molecular weight is 274 g/mol. The quantitative estimate of drug-likeness (QED) is 0.827. The third kappa shape index (κ3) is 3.33. The zero-order chi connectivity index (χ0) is 14.5. The number of carbonyl (C=O) groups is 1. The van der Waals surface area contributed by atoms with Crippen LogP contribution in [0.5, 0.6) is 0 Å². The summed E-state index contributed by atoms with van der Waals surface area (Å²) in [5.74, 6) is 0. The molecule has 110 valence electrons. The van der Waals surface area contributed by atoms with E-state index in [-0.39, 0.29) is 0 Å². The summed E-state index contributed by atoms with van der Waals surface area (Å²) in [6.45, 7) is 2.10. The third-order valence-electron chi connectivity index (χ3n) is 4.23. The maximum atomic E-state index is 11.5. The highest BCUT2D eigenvalue weighted by molar-refractivity contribution is 5.88. The fraction of sp³-hybridized carbons (Fsp3) is 0.588. The summed E-state index contributed by atoms with van der Waals surface area (Å²) in [4.78, 5) is 13.6. The molecule has 0 radical (unpaired) electrons. The number of benzene rings is 1. The summed E-state index contributed by atoms with van der Waals surface area (Å²) in [6.07, 6.45) is 8.25. The van der Waals surface area contributed by atoms with Gasteiger partial charge in [0.05, 0.1) is 0 Å². The van der Waals surface area contributed by atoms with Crippen LogP contribution in [0, 0.1) is 0 Å². The van der Waals surface area contributed by atoms with Crippen molar-refractivity contribution >= 4 is 17.7 Å². The van der Waals surface area contributed by atoms with E-state index in [4.69, 9.17) is 0 Å². The Hall–Kier alpha value is -1.51. The summed E-state index contributed by atoms with van der Waals surface area (Å²) >= 11 is 0. The number of aldehydes is 1. The van der Waals surface area contributed by atoms with Gasteiger partial charge < -0.3 is 10.2 Å². The van der Waals surface area contributed by atoms with Crippen LogP contribution >= 0.6 is 0 Å². The molecule has 3 heteroatoms. The van der Waals surface area contributed by atoms with Gasteiger partial charge in [-0.1, -0.05) is 26.2 Å². The van der Waals surface area contributed by atoms with Crippen LogP contribution in [0.3, 0.4) is 0 Å². The Labute approximate surface area is 122 Å². The topological polar surface area (TPSA) is 32.3 Å². The molecule has 0 amide bonds. The maximum absolute atomic E-state index is 11.5. The Morgan fingerprint density at radius 1 is 1.25 bits per heavy atom. The van der Waals surface area contributed by atoms with E-state index in [0.29, 0.717) is 6.04 Å². The largest absolute Gasteiger partial charge is 0.382 e. The molecule has 1 aromatic carbocycles. The first-order chi connectivity index (χ1) is 9.65. The summed E-state index contributed by atoms with van der Waals surface area (Å²) in [7, 11) is 4.08. The minimum Gasteiger partial charge on any atom is -0.382 e. The SMILES string of the molecule is CCc1cc(N(C)C)cc(NC2CCCCC2)c1C=O. The van der Waals surface area contributed by atoms with Gasteiger partial charge in [0.25, 0.3) is 0 Å². The molecule has 1 aliphatic carbocycles. The van der Waals surface area contributed by atoms with Crippen molar-refractivity contribution in [2.45, 2.75) is 51.5 Å².